The summed E-state index contributed by atoms with van der Waals surface area (Å²) in [5.74, 6) is 1.02. The average molecular weight is 446 g/mol. The van der Waals surface area contributed by atoms with E-state index >= 15 is 0 Å². The smallest absolute Gasteiger partial charge is 0.269 e. The van der Waals surface area contributed by atoms with Crippen molar-refractivity contribution < 1.29 is 18.5 Å². The van der Waals surface area contributed by atoms with E-state index in [1.807, 2.05) is 13.0 Å². The van der Waals surface area contributed by atoms with E-state index in [0.717, 1.165) is 11.3 Å². The Kier molecular flexibility index (Phi) is 6.79. The molecule has 2 atom stereocenters. The number of phenolic OH excluding ortho intramolecular Hbond substituents is 1. The third-order valence-electron chi connectivity index (χ3n) is 4.86. The van der Waals surface area contributed by atoms with Crippen molar-refractivity contribution in [2.75, 3.05) is 19.4 Å². The highest BCUT2D eigenvalue weighted by molar-refractivity contribution is 7.83. The summed E-state index contributed by atoms with van der Waals surface area (Å²) in [4.78, 5) is 13.6. The standard InChI is InChI=1S/C21H27N5O4S/c1-6-15(17-10-13(11-30-17)12(2)3)22-19-20(25-31(29)24-19)23-16-9-7-8-14(18(16)27)21(28)26(4)5/h7-12,15,27H,6H2,1-5H3,(H,22,24)(H,23,25)/t15-,31?/m1/s1. The number of phenols is 1. The molecule has 166 valence electrons. The minimum atomic E-state index is -1.80. The predicted octanol–water partition coefficient (Wildman–Crippen LogP) is 3.35. The molecule has 3 N–H and O–H groups in total. The number of anilines is 1. The van der Waals surface area contributed by atoms with Gasteiger partial charge in [0.05, 0.1) is 23.6 Å². The summed E-state index contributed by atoms with van der Waals surface area (Å²) in [6.45, 7) is 6.17. The third-order valence-corrected chi connectivity index (χ3v) is 5.54. The van der Waals surface area contributed by atoms with Crippen LogP contribution in [0.15, 0.2) is 43.7 Å². The number of aromatic hydroxyl groups is 1. The SMILES string of the molecule is CC[C@@H](NC1=NS(=O)N=C1Nc1cccc(C(=O)N(C)C)c1O)c1cc(C(C)C)co1. The van der Waals surface area contributed by atoms with Crippen molar-refractivity contribution in [2.45, 2.75) is 39.2 Å². The Morgan fingerprint density at radius 1 is 1.26 bits per heavy atom. The molecular formula is C21H27N5O4S. The van der Waals surface area contributed by atoms with Crippen LogP contribution in [0.5, 0.6) is 5.75 Å². The number of nitrogens with zero attached hydrogens (tertiary/aromatic N) is 3. The molecule has 0 radical (unpaired) electrons. The Hall–Kier alpha value is -3.14. The molecule has 0 fully saturated rings. The summed E-state index contributed by atoms with van der Waals surface area (Å²) >= 11 is -1.80. The van der Waals surface area contributed by atoms with Gasteiger partial charge in [0.15, 0.2) is 17.4 Å². The molecular weight excluding hydrogens is 418 g/mol. The molecule has 0 aliphatic carbocycles. The number of benzene rings is 1. The molecule has 1 amide bonds. The van der Waals surface area contributed by atoms with Crippen LogP contribution in [-0.2, 0) is 11.2 Å². The summed E-state index contributed by atoms with van der Waals surface area (Å²) in [7, 11) is 3.20. The topological polar surface area (TPSA) is 120 Å². The lowest BCUT2D eigenvalue weighted by atomic mass is 10.1. The van der Waals surface area contributed by atoms with Crippen LogP contribution in [0.4, 0.5) is 5.69 Å². The zero-order valence-electron chi connectivity index (χ0n) is 18.2. The van der Waals surface area contributed by atoms with Gasteiger partial charge in [0.25, 0.3) is 17.1 Å². The maximum absolute atomic E-state index is 12.3. The van der Waals surface area contributed by atoms with Crippen molar-refractivity contribution in [3.8, 4) is 5.75 Å². The van der Waals surface area contributed by atoms with Gasteiger partial charge in [-0.05, 0) is 36.1 Å². The third kappa shape index (κ3) is 4.96. The van der Waals surface area contributed by atoms with Crippen LogP contribution in [0, 0.1) is 0 Å². The van der Waals surface area contributed by atoms with Crippen molar-refractivity contribution in [3.63, 3.8) is 0 Å². The van der Waals surface area contributed by atoms with Crippen LogP contribution in [-0.4, -0.2) is 45.9 Å². The monoisotopic (exact) mass is 445 g/mol. The molecule has 2 aromatic rings. The summed E-state index contributed by atoms with van der Waals surface area (Å²) in [5.41, 5.74) is 1.49. The van der Waals surface area contributed by atoms with E-state index in [9.17, 15) is 14.1 Å². The molecule has 9 nitrogen and oxygen atoms in total. The number of carbonyl (C=O) groups is 1. The van der Waals surface area contributed by atoms with Crippen molar-refractivity contribution >= 4 is 34.4 Å². The van der Waals surface area contributed by atoms with Crippen molar-refractivity contribution in [3.05, 3.63) is 47.4 Å². The summed E-state index contributed by atoms with van der Waals surface area (Å²) in [6.07, 6.45) is 2.43. The highest BCUT2D eigenvalue weighted by atomic mass is 32.2. The van der Waals surface area contributed by atoms with Gasteiger partial charge in [-0.1, -0.05) is 26.8 Å². The van der Waals surface area contributed by atoms with Gasteiger partial charge in [-0.25, -0.2) is 4.21 Å². The van der Waals surface area contributed by atoms with Crippen molar-refractivity contribution in [1.82, 2.24) is 10.2 Å². The van der Waals surface area contributed by atoms with Crippen LogP contribution < -0.4 is 10.6 Å². The molecule has 0 bridgehead atoms. The molecule has 0 spiro atoms. The number of hydrogen-bond donors (Lipinski definition) is 3. The lowest BCUT2D eigenvalue weighted by molar-refractivity contribution is 0.0824. The maximum atomic E-state index is 12.3. The largest absolute Gasteiger partial charge is 0.505 e. The van der Waals surface area contributed by atoms with E-state index in [4.69, 9.17) is 4.42 Å². The van der Waals surface area contributed by atoms with Gasteiger partial charge in [0.1, 0.15) is 5.76 Å². The fourth-order valence-electron chi connectivity index (χ4n) is 3.02. The molecule has 31 heavy (non-hydrogen) atoms. The number of amides is 1. The minimum Gasteiger partial charge on any atom is -0.505 e. The summed E-state index contributed by atoms with van der Waals surface area (Å²) in [5, 5.41) is 16.7. The Balaban J connectivity index is 1.82. The predicted molar refractivity (Wildman–Crippen MR) is 122 cm³/mol. The molecule has 1 unspecified atom stereocenters. The van der Waals surface area contributed by atoms with Gasteiger partial charge in [-0.3, -0.25) is 4.79 Å². The highest BCUT2D eigenvalue weighted by Crippen LogP contribution is 2.29. The highest BCUT2D eigenvalue weighted by Gasteiger charge is 2.25. The summed E-state index contributed by atoms with van der Waals surface area (Å²) < 4.78 is 25.8. The van der Waals surface area contributed by atoms with Crippen LogP contribution in [0.3, 0.4) is 0 Å². The van der Waals surface area contributed by atoms with Gasteiger partial charge in [0.2, 0.25) is 0 Å². The number of hydrogen-bond acceptors (Lipinski definition) is 6. The molecule has 2 heterocycles. The van der Waals surface area contributed by atoms with Crippen LogP contribution in [0.1, 0.15) is 60.8 Å². The molecule has 10 heteroatoms. The van der Waals surface area contributed by atoms with E-state index in [-0.39, 0.29) is 40.6 Å². The van der Waals surface area contributed by atoms with E-state index in [1.54, 1.807) is 32.5 Å². The van der Waals surface area contributed by atoms with Gasteiger partial charge in [0, 0.05) is 14.1 Å². The number of furan rings is 1. The van der Waals surface area contributed by atoms with Gasteiger partial charge >= 0.3 is 0 Å². The molecule has 1 aromatic carbocycles. The normalized spacial score (nSPS) is 16.6. The lowest BCUT2D eigenvalue weighted by Crippen LogP contribution is -2.36. The number of nitrogens with one attached hydrogen (secondary N) is 2. The molecule has 1 aromatic heterocycles. The van der Waals surface area contributed by atoms with Crippen molar-refractivity contribution in [1.29, 1.82) is 0 Å². The number of carbonyl (C=O) groups excluding carboxylic acids is 1. The zero-order valence-corrected chi connectivity index (χ0v) is 19.0. The second-order valence-corrected chi connectivity index (χ2v) is 8.51. The fourth-order valence-corrected chi connectivity index (χ4v) is 3.64. The van der Waals surface area contributed by atoms with Gasteiger partial charge < -0.3 is 25.1 Å². The second kappa shape index (κ2) is 9.34. The minimum absolute atomic E-state index is 0.143. The number of rotatable bonds is 6. The molecule has 0 saturated heterocycles. The number of para-hydroxylation sites is 1. The first-order valence-corrected chi connectivity index (χ1v) is 11.0. The van der Waals surface area contributed by atoms with Crippen molar-refractivity contribution in [2.24, 2.45) is 8.80 Å². The summed E-state index contributed by atoms with van der Waals surface area (Å²) in [6, 6.07) is 6.55. The Morgan fingerprint density at radius 2 is 1.97 bits per heavy atom. The van der Waals surface area contributed by atoms with E-state index in [2.05, 4.69) is 33.3 Å². The first kappa shape index (κ1) is 22.5. The van der Waals surface area contributed by atoms with E-state index in [0.29, 0.717) is 12.3 Å². The van der Waals surface area contributed by atoms with E-state index in [1.165, 1.54) is 11.0 Å². The maximum Gasteiger partial charge on any atom is 0.269 e. The Morgan fingerprint density at radius 3 is 2.58 bits per heavy atom. The Labute approximate surface area is 184 Å². The number of amidine groups is 2. The van der Waals surface area contributed by atoms with Gasteiger partial charge in [-0.15, -0.1) is 8.80 Å². The molecule has 1 aliphatic heterocycles. The molecule has 1 aliphatic rings. The Bertz CT molecular complexity index is 1060. The van der Waals surface area contributed by atoms with E-state index < -0.39 is 11.2 Å². The van der Waals surface area contributed by atoms with Crippen LogP contribution >= 0.6 is 0 Å². The first-order valence-electron chi connectivity index (χ1n) is 9.96. The second-order valence-electron chi connectivity index (χ2n) is 7.68. The van der Waals surface area contributed by atoms with Crippen LogP contribution in [0.25, 0.3) is 0 Å². The van der Waals surface area contributed by atoms with Crippen LogP contribution in [0.2, 0.25) is 0 Å². The lowest BCUT2D eigenvalue weighted by Gasteiger charge is -2.18. The quantitative estimate of drug-likeness (QED) is 0.587. The first-order chi connectivity index (χ1) is 14.7. The zero-order chi connectivity index (χ0) is 22.7. The van der Waals surface area contributed by atoms with Gasteiger partial charge in [-0.2, -0.15) is 0 Å². The molecule has 0 saturated carbocycles. The fraction of sp³-hybridized carbons (Fsp3) is 0.381. The average Bonchev–Trinajstić information content (AvgIpc) is 3.34. The molecule has 3 rings (SSSR count).